The van der Waals surface area contributed by atoms with Crippen molar-refractivity contribution in [3.8, 4) is 0 Å². The molecule has 1 aliphatic carbocycles. The van der Waals surface area contributed by atoms with Crippen LogP contribution in [-0.4, -0.2) is 42.1 Å². The molecule has 0 aromatic carbocycles. The van der Waals surface area contributed by atoms with Crippen LogP contribution in [-0.2, 0) is 6.42 Å². The summed E-state index contributed by atoms with van der Waals surface area (Å²) in [5, 5.41) is 3.72. The van der Waals surface area contributed by atoms with Gasteiger partial charge in [0.2, 0.25) is 0 Å². The molecule has 1 fully saturated rings. The van der Waals surface area contributed by atoms with E-state index in [2.05, 4.69) is 36.2 Å². The summed E-state index contributed by atoms with van der Waals surface area (Å²) in [7, 11) is 4.48. The third-order valence-corrected chi connectivity index (χ3v) is 5.15. The number of rotatable bonds is 6. The molecule has 2 rings (SSSR count). The van der Waals surface area contributed by atoms with Crippen LogP contribution < -0.4 is 5.32 Å². The van der Waals surface area contributed by atoms with E-state index < -0.39 is 0 Å². The molecule has 1 atom stereocenters. The number of hydrogen-bond donors (Lipinski definition) is 1. The minimum Gasteiger partial charge on any atom is -0.312 e. The molecule has 1 aliphatic rings. The lowest BCUT2D eigenvalue weighted by molar-refractivity contribution is 0.105. The fourth-order valence-electron chi connectivity index (χ4n) is 3.34. The van der Waals surface area contributed by atoms with Crippen LogP contribution in [0.5, 0.6) is 0 Å². The van der Waals surface area contributed by atoms with Crippen LogP contribution in [0.3, 0.4) is 0 Å². The largest absolute Gasteiger partial charge is 0.312 e. The Kier molecular flexibility index (Phi) is 4.76. The van der Waals surface area contributed by atoms with Gasteiger partial charge in [-0.2, -0.15) is 0 Å². The number of nitrogens with zero attached hydrogens (tertiary/aromatic N) is 2. The van der Waals surface area contributed by atoms with E-state index in [1.54, 1.807) is 11.3 Å². The van der Waals surface area contributed by atoms with E-state index in [-0.39, 0.29) is 0 Å². The highest BCUT2D eigenvalue weighted by atomic mass is 32.1. The number of hydrogen-bond acceptors (Lipinski definition) is 4. The second-order valence-electron chi connectivity index (χ2n) is 5.49. The summed E-state index contributed by atoms with van der Waals surface area (Å²) in [6.07, 6.45) is 8.49. The molecule has 1 aromatic rings. The van der Waals surface area contributed by atoms with E-state index in [0.29, 0.717) is 11.6 Å². The highest BCUT2D eigenvalue weighted by molar-refractivity contribution is 7.09. The van der Waals surface area contributed by atoms with Crippen LogP contribution in [0.25, 0.3) is 0 Å². The predicted molar refractivity (Wildman–Crippen MR) is 78.2 cm³/mol. The average Bonchev–Trinajstić information content (AvgIpc) is 3.00. The van der Waals surface area contributed by atoms with Gasteiger partial charge in [-0.05, 0) is 33.5 Å². The van der Waals surface area contributed by atoms with E-state index in [0.717, 1.165) is 13.0 Å². The maximum atomic E-state index is 4.21. The van der Waals surface area contributed by atoms with Crippen molar-refractivity contribution in [2.75, 3.05) is 20.6 Å². The fraction of sp³-hybridized carbons (Fsp3) is 0.786. The lowest BCUT2D eigenvalue weighted by Gasteiger charge is -2.43. The number of aromatic nitrogens is 1. The van der Waals surface area contributed by atoms with Gasteiger partial charge in [0.25, 0.3) is 0 Å². The monoisotopic (exact) mass is 267 g/mol. The lowest BCUT2D eigenvalue weighted by Crippen LogP contribution is -2.58. The minimum absolute atomic E-state index is 0.333. The first-order valence-electron chi connectivity index (χ1n) is 6.97. The maximum Gasteiger partial charge on any atom is 0.0794 e. The van der Waals surface area contributed by atoms with Crippen LogP contribution in [0.4, 0.5) is 0 Å². The molecule has 1 heterocycles. The third-order valence-electron chi connectivity index (χ3n) is 4.35. The Bertz CT molecular complexity index is 342. The summed E-state index contributed by atoms with van der Waals surface area (Å²) in [5.74, 6) is 0. The maximum absolute atomic E-state index is 4.21. The SMILES string of the molecule is CCNC(Cc1cncs1)C1(N(C)C)CCCC1. The summed E-state index contributed by atoms with van der Waals surface area (Å²) >= 11 is 1.78. The van der Waals surface area contributed by atoms with Crippen molar-refractivity contribution in [3.05, 3.63) is 16.6 Å². The predicted octanol–water partition coefficient (Wildman–Crippen LogP) is 2.54. The van der Waals surface area contributed by atoms with Gasteiger partial charge >= 0.3 is 0 Å². The summed E-state index contributed by atoms with van der Waals surface area (Å²) in [4.78, 5) is 8.06. The van der Waals surface area contributed by atoms with E-state index >= 15 is 0 Å². The smallest absolute Gasteiger partial charge is 0.0794 e. The summed E-state index contributed by atoms with van der Waals surface area (Å²) < 4.78 is 0. The molecule has 102 valence electrons. The average molecular weight is 267 g/mol. The van der Waals surface area contributed by atoms with Crippen molar-refractivity contribution in [2.45, 2.75) is 50.6 Å². The standard InChI is InChI=1S/C14H25N3S/c1-4-16-13(9-12-10-15-11-18-12)14(17(2)3)7-5-6-8-14/h10-11,13,16H,4-9H2,1-3H3. The Morgan fingerprint density at radius 2 is 2.17 bits per heavy atom. The molecule has 0 spiro atoms. The molecule has 4 heteroatoms. The van der Waals surface area contributed by atoms with Crippen molar-refractivity contribution >= 4 is 11.3 Å². The molecular weight excluding hydrogens is 242 g/mol. The molecule has 18 heavy (non-hydrogen) atoms. The molecule has 0 amide bonds. The number of thiazole rings is 1. The fourth-order valence-corrected chi connectivity index (χ4v) is 3.98. The highest BCUT2D eigenvalue weighted by Crippen LogP contribution is 2.38. The van der Waals surface area contributed by atoms with Crippen molar-refractivity contribution in [1.82, 2.24) is 15.2 Å². The van der Waals surface area contributed by atoms with Gasteiger partial charge in [0.1, 0.15) is 0 Å². The molecule has 1 unspecified atom stereocenters. The van der Waals surface area contributed by atoms with Gasteiger partial charge in [0, 0.05) is 29.1 Å². The molecule has 3 nitrogen and oxygen atoms in total. The van der Waals surface area contributed by atoms with E-state index in [1.807, 2.05) is 11.7 Å². The molecule has 1 N–H and O–H groups in total. The molecule has 0 bridgehead atoms. The Morgan fingerprint density at radius 1 is 1.44 bits per heavy atom. The van der Waals surface area contributed by atoms with Gasteiger partial charge in [-0.1, -0.05) is 19.8 Å². The first kappa shape index (κ1) is 14.0. The molecular formula is C14H25N3S. The zero-order valence-corrected chi connectivity index (χ0v) is 12.6. The Hall–Kier alpha value is -0.450. The summed E-state index contributed by atoms with van der Waals surface area (Å²) in [6, 6.07) is 0.542. The van der Waals surface area contributed by atoms with Crippen molar-refractivity contribution in [1.29, 1.82) is 0 Å². The van der Waals surface area contributed by atoms with Gasteiger partial charge in [0.05, 0.1) is 5.51 Å². The Morgan fingerprint density at radius 3 is 2.67 bits per heavy atom. The quantitative estimate of drug-likeness (QED) is 0.858. The second kappa shape index (κ2) is 6.13. The summed E-state index contributed by atoms with van der Waals surface area (Å²) in [6.45, 7) is 3.25. The second-order valence-corrected chi connectivity index (χ2v) is 6.46. The highest BCUT2D eigenvalue weighted by Gasteiger charge is 2.42. The van der Waals surface area contributed by atoms with E-state index in [4.69, 9.17) is 0 Å². The van der Waals surface area contributed by atoms with Gasteiger partial charge in [-0.25, -0.2) is 0 Å². The van der Waals surface area contributed by atoms with Crippen molar-refractivity contribution in [2.24, 2.45) is 0 Å². The van der Waals surface area contributed by atoms with Crippen LogP contribution in [0.15, 0.2) is 11.7 Å². The normalized spacial score (nSPS) is 20.4. The topological polar surface area (TPSA) is 28.2 Å². The van der Waals surface area contributed by atoms with Crippen molar-refractivity contribution < 1.29 is 0 Å². The minimum atomic E-state index is 0.333. The van der Waals surface area contributed by atoms with Crippen LogP contribution in [0.2, 0.25) is 0 Å². The van der Waals surface area contributed by atoms with Crippen LogP contribution in [0.1, 0.15) is 37.5 Å². The first-order valence-corrected chi connectivity index (χ1v) is 7.85. The third kappa shape index (κ3) is 2.76. The summed E-state index contributed by atoms with van der Waals surface area (Å²) in [5.41, 5.74) is 2.27. The van der Waals surface area contributed by atoms with E-state index in [1.165, 1.54) is 30.6 Å². The van der Waals surface area contributed by atoms with Gasteiger partial charge in [-0.3, -0.25) is 4.98 Å². The number of likely N-dealkylation sites (N-methyl/N-ethyl adjacent to an activating group) is 2. The number of nitrogens with one attached hydrogen (secondary N) is 1. The van der Waals surface area contributed by atoms with Gasteiger partial charge in [0.15, 0.2) is 0 Å². The zero-order valence-electron chi connectivity index (χ0n) is 11.8. The molecule has 1 saturated carbocycles. The Labute approximate surface area is 115 Å². The van der Waals surface area contributed by atoms with E-state index in [9.17, 15) is 0 Å². The first-order chi connectivity index (χ1) is 8.69. The molecule has 1 aromatic heterocycles. The Balaban J connectivity index is 2.16. The molecule has 0 radical (unpaired) electrons. The van der Waals surface area contributed by atoms with Crippen LogP contribution in [0, 0.1) is 0 Å². The zero-order chi connectivity index (χ0) is 13.0. The lowest BCUT2D eigenvalue weighted by atomic mass is 9.84. The molecule has 0 saturated heterocycles. The van der Waals surface area contributed by atoms with Crippen molar-refractivity contribution in [3.63, 3.8) is 0 Å². The van der Waals surface area contributed by atoms with Gasteiger partial charge in [-0.15, -0.1) is 11.3 Å². The van der Waals surface area contributed by atoms with Crippen LogP contribution >= 0.6 is 11.3 Å². The molecule has 0 aliphatic heterocycles. The van der Waals surface area contributed by atoms with Gasteiger partial charge < -0.3 is 10.2 Å².